The van der Waals surface area contributed by atoms with Crippen molar-refractivity contribution in [3.8, 4) is 17.2 Å². The molecule has 1 aliphatic rings. The molecule has 1 atom stereocenters. The Hall–Kier alpha value is -2.09. The number of ether oxygens (including phenoxy) is 3. The molecule has 1 aromatic carbocycles. The predicted molar refractivity (Wildman–Crippen MR) is 70.4 cm³/mol. The van der Waals surface area contributed by atoms with E-state index in [-0.39, 0.29) is 22.8 Å². The first-order valence-electron chi connectivity index (χ1n) is 5.83. The second-order valence-corrected chi connectivity index (χ2v) is 4.65. The van der Waals surface area contributed by atoms with Gasteiger partial charge in [-0.15, -0.1) is 0 Å². The number of aliphatic carboxylic acids is 1. The average Bonchev–Trinajstić information content (AvgIpc) is 2.44. The predicted octanol–water partition coefficient (Wildman–Crippen LogP) is 3.06. The summed E-state index contributed by atoms with van der Waals surface area (Å²) < 4.78 is 53.8. The van der Waals surface area contributed by atoms with Gasteiger partial charge in [0.05, 0.1) is 19.3 Å². The minimum Gasteiger partial charge on any atom is -0.493 e. The Morgan fingerprint density at radius 2 is 1.82 bits per heavy atom. The Balaban J connectivity index is 2.69. The summed E-state index contributed by atoms with van der Waals surface area (Å²) in [5, 5.41) is 8.46. The van der Waals surface area contributed by atoms with E-state index >= 15 is 0 Å². The third kappa shape index (κ3) is 2.66. The van der Waals surface area contributed by atoms with Crippen molar-refractivity contribution in [3.05, 3.63) is 23.3 Å². The number of carboxylic acid groups (broad SMARTS) is 1. The molecule has 0 aliphatic carbocycles. The highest BCUT2D eigenvalue weighted by Gasteiger charge is 2.50. The van der Waals surface area contributed by atoms with Gasteiger partial charge in [0.15, 0.2) is 11.5 Å². The summed E-state index contributed by atoms with van der Waals surface area (Å²) in [5.41, 5.74) is -1.09. The van der Waals surface area contributed by atoms with E-state index in [4.69, 9.17) is 30.9 Å². The van der Waals surface area contributed by atoms with Crippen molar-refractivity contribution in [2.75, 3.05) is 14.2 Å². The van der Waals surface area contributed by atoms with Gasteiger partial charge in [-0.2, -0.15) is 13.2 Å². The van der Waals surface area contributed by atoms with E-state index in [0.717, 1.165) is 6.07 Å². The zero-order valence-corrected chi connectivity index (χ0v) is 12.1. The van der Waals surface area contributed by atoms with E-state index < -0.39 is 28.9 Å². The van der Waals surface area contributed by atoms with Crippen molar-refractivity contribution >= 4 is 22.6 Å². The molecule has 2 rings (SSSR count). The summed E-state index contributed by atoms with van der Waals surface area (Å²) in [4.78, 5) is 11.1. The number of carboxylic acids is 1. The fourth-order valence-corrected chi connectivity index (χ4v) is 2.34. The molecule has 0 saturated carbocycles. The molecule has 1 N–H and O–H groups in total. The van der Waals surface area contributed by atoms with Gasteiger partial charge < -0.3 is 19.3 Å². The maximum atomic E-state index is 13.0. The molecule has 1 unspecified atom stereocenters. The molecule has 1 aliphatic heterocycles. The Morgan fingerprint density at radius 1 is 1.27 bits per heavy atom. The second kappa shape index (κ2) is 5.60. The standard InChI is InChI=1S/C13H10ClF3O5/c1-20-7-3-5-6(4-8(7)21-2)22-11(13(15,16)17)9(10(5)14)12(18)19/h3-4,11H,1-2H3,(H,18,19). The van der Waals surface area contributed by atoms with Crippen molar-refractivity contribution < 1.29 is 37.3 Å². The van der Waals surface area contributed by atoms with Crippen LogP contribution in [0.3, 0.4) is 0 Å². The molecule has 5 nitrogen and oxygen atoms in total. The van der Waals surface area contributed by atoms with E-state index in [1.807, 2.05) is 0 Å². The summed E-state index contributed by atoms with van der Waals surface area (Å²) in [5.74, 6) is -1.74. The average molecular weight is 339 g/mol. The molecule has 0 radical (unpaired) electrons. The number of benzene rings is 1. The van der Waals surface area contributed by atoms with Crippen LogP contribution in [0.1, 0.15) is 5.56 Å². The topological polar surface area (TPSA) is 65.0 Å². The molecule has 1 heterocycles. The van der Waals surface area contributed by atoms with Crippen molar-refractivity contribution in [3.63, 3.8) is 0 Å². The summed E-state index contributed by atoms with van der Waals surface area (Å²) in [6.45, 7) is 0. The molecule has 1 aromatic rings. The lowest BCUT2D eigenvalue weighted by Gasteiger charge is -2.29. The quantitative estimate of drug-likeness (QED) is 0.917. The van der Waals surface area contributed by atoms with Crippen LogP contribution >= 0.6 is 11.6 Å². The number of alkyl halides is 3. The number of hydrogen-bond acceptors (Lipinski definition) is 4. The monoisotopic (exact) mass is 338 g/mol. The van der Waals surface area contributed by atoms with Gasteiger partial charge in [0, 0.05) is 11.6 Å². The molecule has 0 saturated heterocycles. The van der Waals surface area contributed by atoms with Crippen molar-refractivity contribution in [2.24, 2.45) is 0 Å². The molecular formula is C13H10ClF3O5. The Morgan fingerprint density at radius 3 is 2.27 bits per heavy atom. The summed E-state index contributed by atoms with van der Waals surface area (Å²) >= 11 is 5.86. The van der Waals surface area contributed by atoms with Crippen molar-refractivity contribution in [1.29, 1.82) is 0 Å². The molecule has 0 amide bonds. The lowest BCUT2D eigenvalue weighted by atomic mass is 10.0. The highest BCUT2D eigenvalue weighted by molar-refractivity contribution is 6.51. The van der Waals surface area contributed by atoms with Crippen LogP contribution in [0.4, 0.5) is 13.2 Å². The highest BCUT2D eigenvalue weighted by atomic mass is 35.5. The molecule has 0 bridgehead atoms. The zero-order chi connectivity index (χ0) is 16.7. The molecular weight excluding hydrogens is 329 g/mol. The van der Waals surface area contributed by atoms with Crippen molar-refractivity contribution in [2.45, 2.75) is 12.3 Å². The van der Waals surface area contributed by atoms with Crippen LogP contribution in [0, 0.1) is 0 Å². The Bertz CT molecular complexity index is 654. The van der Waals surface area contributed by atoms with Gasteiger partial charge in [0.2, 0.25) is 6.10 Å². The Labute approximate surface area is 127 Å². The van der Waals surface area contributed by atoms with Gasteiger partial charge in [-0.05, 0) is 6.07 Å². The number of fused-ring (bicyclic) bond motifs is 1. The molecule has 9 heteroatoms. The summed E-state index contributed by atoms with van der Waals surface area (Å²) in [6.07, 6.45) is -7.60. The molecule has 22 heavy (non-hydrogen) atoms. The normalized spacial score (nSPS) is 17.6. The number of carbonyl (C=O) groups is 1. The first kappa shape index (κ1) is 16.3. The molecule has 120 valence electrons. The van der Waals surface area contributed by atoms with Gasteiger partial charge in [0.1, 0.15) is 11.3 Å². The first-order chi connectivity index (χ1) is 10.2. The van der Waals surface area contributed by atoms with Crippen LogP contribution in [-0.2, 0) is 4.79 Å². The van der Waals surface area contributed by atoms with Crippen LogP contribution in [0.25, 0.3) is 5.03 Å². The van der Waals surface area contributed by atoms with E-state index in [0.29, 0.717) is 0 Å². The smallest absolute Gasteiger partial charge is 0.430 e. The maximum absolute atomic E-state index is 13.0. The highest BCUT2D eigenvalue weighted by Crippen LogP contribution is 2.47. The maximum Gasteiger partial charge on any atom is 0.430 e. The van der Waals surface area contributed by atoms with Crippen LogP contribution in [0.2, 0.25) is 0 Å². The lowest BCUT2D eigenvalue weighted by molar-refractivity contribution is -0.187. The minimum atomic E-state index is -4.93. The van der Waals surface area contributed by atoms with E-state index in [9.17, 15) is 18.0 Å². The number of hydrogen-bond donors (Lipinski definition) is 1. The van der Waals surface area contributed by atoms with Crippen LogP contribution in [0.5, 0.6) is 17.2 Å². The zero-order valence-electron chi connectivity index (χ0n) is 11.3. The van der Waals surface area contributed by atoms with E-state index in [1.54, 1.807) is 0 Å². The second-order valence-electron chi connectivity index (χ2n) is 4.28. The van der Waals surface area contributed by atoms with E-state index in [2.05, 4.69) is 0 Å². The molecule has 0 fully saturated rings. The molecule has 0 spiro atoms. The first-order valence-corrected chi connectivity index (χ1v) is 6.21. The van der Waals surface area contributed by atoms with Gasteiger partial charge in [-0.1, -0.05) is 11.6 Å². The molecule has 0 aromatic heterocycles. The fraction of sp³-hybridized carbons (Fsp3) is 0.308. The third-order valence-electron chi connectivity index (χ3n) is 2.99. The van der Waals surface area contributed by atoms with Crippen LogP contribution in [0.15, 0.2) is 17.7 Å². The van der Waals surface area contributed by atoms with E-state index in [1.165, 1.54) is 20.3 Å². The summed E-state index contributed by atoms with van der Waals surface area (Å²) in [6, 6.07) is 2.42. The number of rotatable bonds is 3. The SMILES string of the molecule is COc1cc2c(cc1OC)C(Cl)=C(C(=O)O)C(C(F)(F)F)O2. The van der Waals surface area contributed by atoms with Crippen molar-refractivity contribution in [1.82, 2.24) is 0 Å². The Kier molecular flexibility index (Phi) is 4.15. The minimum absolute atomic E-state index is 0.0165. The number of methoxy groups -OCH3 is 2. The van der Waals surface area contributed by atoms with Gasteiger partial charge in [-0.25, -0.2) is 4.79 Å². The van der Waals surface area contributed by atoms with Gasteiger partial charge in [0.25, 0.3) is 0 Å². The summed E-state index contributed by atoms with van der Waals surface area (Å²) in [7, 11) is 2.62. The lowest BCUT2D eigenvalue weighted by Crippen LogP contribution is -2.41. The van der Waals surface area contributed by atoms with Gasteiger partial charge >= 0.3 is 12.1 Å². The van der Waals surface area contributed by atoms with Gasteiger partial charge in [-0.3, -0.25) is 0 Å². The fourth-order valence-electron chi connectivity index (χ4n) is 2.01. The third-order valence-corrected chi connectivity index (χ3v) is 3.40. The largest absolute Gasteiger partial charge is 0.493 e. The van der Waals surface area contributed by atoms with Crippen LogP contribution in [-0.4, -0.2) is 37.6 Å². The number of halogens is 4. The van der Waals surface area contributed by atoms with Crippen LogP contribution < -0.4 is 14.2 Å².